The molecule has 1 saturated heterocycles. The Morgan fingerprint density at radius 3 is 1.37 bits per heavy atom. The summed E-state index contributed by atoms with van der Waals surface area (Å²) in [5.74, 6) is -1.19. The lowest BCUT2D eigenvalue weighted by molar-refractivity contribution is -0.305. The molecule has 0 radical (unpaired) electrons. The molecule has 1 aliphatic heterocycles. The number of carbonyl (C=O) groups is 2. The summed E-state index contributed by atoms with van der Waals surface area (Å²) >= 11 is 0. The Morgan fingerprint density at radius 1 is 0.535 bits per heavy atom. The van der Waals surface area contributed by atoms with Crippen LogP contribution in [0.2, 0.25) is 0 Å². The number of esters is 1. The molecule has 8 unspecified atom stereocenters. The summed E-state index contributed by atoms with van der Waals surface area (Å²) in [5.41, 5.74) is 0. The zero-order valence-corrected chi connectivity index (χ0v) is 46.1. The molecular weight excluding hydrogens is 895 g/mol. The SMILES string of the molecule is CCCCCCCC/C=C/CCCCCCCCCCC(O)C(=O)NC(COC1OC(CO)C(O)C(O)C1OC(=O)CCCCCCCCCCCCCCC)C(O)/C=C/CCCCCCCCCCC. The van der Waals surface area contributed by atoms with E-state index in [1.807, 2.05) is 6.08 Å². The van der Waals surface area contributed by atoms with Gasteiger partial charge in [-0.15, -0.1) is 0 Å². The van der Waals surface area contributed by atoms with Crippen molar-refractivity contribution >= 4 is 11.9 Å². The number of hydrogen-bond donors (Lipinski definition) is 6. The van der Waals surface area contributed by atoms with Crippen molar-refractivity contribution in [2.24, 2.45) is 0 Å². The third-order valence-electron chi connectivity index (χ3n) is 14.4. The quantitative estimate of drug-likeness (QED) is 0.0195. The van der Waals surface area contributed by atoms with E-state index in [1.54, 1.807) is 6.08 Å². The molecule has 0 saturated carbocycles. The predicted molar refractivity (Wildman–Crippen MR) is 292 cm³/mol. The highest BCUT2D eigenvalue weighted by Crippen LogP contribution is 2.26. The van der Waals surface area contributed by atoms with Crippen LogP contribution in [-0.4, -0.2) is 99.6 Å². The van der Waals surface area contributed by atoms with Gasteiger partial charge in [-0.2, -0.15) is 0 Å². The summed E-state index contributed by atoms with van der Waals surface area (Å²) in [6, 6.07) is -1.02. The highest BCUT2D eigenvalue weighted by atomic mass is 16.7. The molecule has 418 valence electrons. The summed E-state index contributed by atoms with van der Waals surface area (Å²) in [4.78, 5) is 26.5. The predicted octanol–water partition coefficient (Wildman–Crippen LogP) is 13.7. The van der Waals surface area contributed by atoms with Gasteiger partial charge in [0.25, 0.3) is 0 Å². The van der Waals surface area contributed by atoms with Crippen LogP contribution < -0.4 is 5.32 Å². The molecule has 0 aromatic heterocycles. The van der Waals surface area contributed by atoms with Gasteiger partial charge in [-0.1, -0.05) is 251 Å². The Kier molecular flexibility index (Phi) is 46.4. The largest absolute Gasteiger partial charge is 0.454 e. The molecule has 1 amide bonds. The Hall–Kier alpha value is -1.86. The number of amides is 1. The van der Waals surface area contributed by atoms with E-state index in [0.717, 1.165) is 64.2 Å². The van der Waals surface area contributed by atoms with Gasteiger partial charge in [-0.05, 0) is 51.4 Å². The molecule has 11 heteroatoms. The second-order valence-corrected chi connectivity index (χ2v) is 21.1. The van der Waals surface area contributed by atoms with Crippen LogP contribution in [0, 0.1) is 0 Å². The molecular formula is C60H113NO10. The van der Waals surface area contributed by atoms with Gasteiger partial charge >= 0.3 is 5.97 Å². The van der Waals surface area contributed by atoms with E-state index < -0.39 is 67.4 Å². The van der Waals surface area contributed by atoms with Crippen LogP contribution in [0.25, 0.3) is 0 Å². The van der Waals surface area contributed by atoms with Gasteiger partial charge in [0.05, 0.1) is 25.4 Å². The molecule has 0 aliphatic carbocycles. The molecule has 1 heterocycles. The molecule has 0 aromatic rings. The van der Waals surface area contributed by atoms with Gasteiger partial charge in [0, 0.05) is 6.42 Å². The number of ether oxygens (including phenoxy) is 3. The van der Waals surface area contributed by atoms with Crippen LogP contribution >= 0.6 is 0 Å². The average molecular weight is 1010 g/mol. The second-order valence-electron chi connectivity index (χ2n) is 21.1. The van der Waals surface area contributed by atoms with E-state index in [2.05, 4.69) is 38.2 Å². The molecule has 0 spiro atoms. The minimum absolute atomic E-state index is 0.129. The first-order valence-electron chi connectivity index (χ1n) is 30.1. The fraction of sp³-hybridized carbons (Fsp3) is 0.900. The molecule has 1 aliphatic rings. The lowest BCUT2D eigenvalue weighted by Gasteiger charge is -2.41. The normalized spacial score (nSPS) is 19.7. The van der Waals surface area contributed by atoms with E-state index in [4.69, 9.17) is 14.2 Å². The van der Waals surface area contributed by atoms with Crippen molar-refractivity contribution < 1.29 is 49.3 Å². The molecule has 0 bridgehead atoms. The number of carbonyl (C=O) groups excluding carboxylic acids is 2. The van der Waals surface area contributed by atoms with E-state index >= 15 is 0 Å². The number of rotatable bonds is 51. The molecule has 71 heavy (non-hydrogen) atoms. The number of unbranched alkanes of at least 4 members (excludes halogenated alkanes) is 35. The topological polar surface area (TPSA) is 175 Å². The fourth-order valence-corrected chi connectivity index (χ4v) is 9.53. The van der Waals surface area contributed by atoms with E-state index in [-0.39, 0.29) is 13.0 Å². The van der Waals surface area contributed by atoms with Gasteiger partial charge in [0.1, 0.15) is 24.4 Å². The van der Waals surface area contributed by atoms with E-state index in [0.29, 0.717) is 19.3 Å². The lowest BCUT2D eigenvalue weighted by atomic mass is 9.99. The summed E-state index contributed by atoms with van der Waals surface area (Å²) in [7, 11) is 0. The van der Waals surface area contributed by atoms with Gasteiger partial charge in [-0.3, -0.25) is 9.59 Å². The highest BCUT2D eigenvalue weighted by molar-refractivity contribution is 5.80. The van der Waals surface area contributed by atoms with Crippen LogP contribution in [0.3, 0.4) is 0 Å². The molecule has 1 fully saturated rings. The summed E-state index contributed by atoms with van der Waals surface area (Å²) in [6.07, 6.45) is 45.1. The zero-order chi connectivity index (χ0) is 51.8. The van der Waals surface area contributed by atoms with Crippen LogP contribution in [0.15, 0.2) is 24.3 Å². The molecule has 11 nitrogen and oxygen atoms in total. The van der Waals surface area contributed by atoms with Gasteiger partial charge in [0.15, 0.2) is 12.4 Å². The van der Waals surface area contributed by atoms with Crippen molar-refractivity contribution in [2.45, 2.75) is 333 Å². The number of nitrogens with one attached hydrogen (secondary N) is 1. The number of aliphatic hydroxyl groups excluding tert-OH is 5. The average Bonchev–Trinajstić information content (AvgIpc) is 3.37. The summed E-state index contributed by atoms with van der Waals surface area (Å²) in [6.45, 7) is 5.79. The molecule has 0 aromatic carbocycles. The van der Waals surface area contributed by atoms with Crippen LogP contribution in [0.5, 0.6) is 0 Å². The molecule has 8 atom stereocenters. The van der Waals surface area contributed by atoms with Crippen molar-refractivity contribution in [3.8, 4) is 0 Å². The second kappa shape index (κ2) is 49.0. The maximum atomic E-state index is 13.4. The van der Waals surface area contributed by atoms with Crippen molar-refractivity contribution in [2.75, 3.05) is 13.2 Å². The Labute approximate surface area is 435 Å². The lowest BCUT2D eigenvalue weighted by Crippen LogP contribution is -2.61. The van der Waals surface area contributed by atoms with Gasteiger partial charge in [-0.25, -0.2) is 0 Å². The summed E-state index contributed by atoms with van der Waals surface area (Å²) < 4.78 is 17.6. The first-order chi connectivity index (χ1) is 34.7. The number of allylic oxidation sites excluding steroid dienone is 3. The van der Waals surface area contributed by atoms with Crippen LogP contribution in [0.1, 0.15) is 284 Å². The Bertz CT molecular complexity index is 1250. The Balaban J connectivity index is 2.68. The van der Waals surface area contributed by atoms with E-state index in [1.165, 1.54) is 173 Å². The van der Waals surface area contributed by atoms with Crippen molar-refractivity contribution in [1.29, 1.82) is 0 Å². The van der Waals surface area contributed by atoms with Crippen molar-refractivity contribution in [3.05, 3.63) is 24.3 Å². The van der Waals surface area contributed by atoms with Crippen molar-refractivity contribution in [1.82, 2.24) is 5.32 Å². The smallest absolute Gasteiger partial charge is 0.306 e. The first kappa shape index (κ1) is 67.2. The monoisotopic (exact) mass is 1010 g/mol. The van der Waals surface area contributed by atoms with E-state index in [9.17, 15) is 35.1 Å². The third-order valence-corrected chi connectivity index (χ3v) is 14.4. The molecule has 1 rings (SSSR count). The first-order valence-corrected chi connectivity index (χ1v) is 30.1. The number of aliphatic hydroxyl groups is 5. The summed E-state index contributed by atoms with van der Waals surface area (Å²) in [5, 5.41) is 56.8. The van der Waals surface area contributed by atoms with Crippen LogP contribution in [0.4, 0.5) is 0 Å². The fourth-order valence-electron chi connectivity index (χ4n) is 9.53. The molecule has 6 N–H and O–H groups in total. The zero-order valence-electron chi connectivity index (χ0n) is 46.1. The third kappa shape index (κ3) is 37.5. The van der Waals surface area contributed by atoms with Gasteiger partial charge < -0.3 is 45.1 Å². The standard InChI is InChI=1S/C60H113NO10/c1-4-7-10-13-16-19-22-24-25-26-27-28-30-32-35-38-41-44-47-53(64)59(68)61-51(52(63)46-43-40-37-34-31-21-18-15-12-9-6-3)50-69-60-58(57(67)56(66)54(49-62)70-60)71-55(65)48-45-42-39-36-33-29-23-20-17-14-11-8-5-2/h24-25,43,46,51-54,56-58,60,62-64,66-67H,4-23,26-42,44-45,47-50H2,1-3H3,(H,61,68)/b25-24+,46-43+. The Morgan fingerprint density at radius 2 is 0.930 bits per heavy atom. The van der Waals surface area contributed by atoms with Crippen molar-refractivity contribution in [3.63, 3.8) is 0 Å². The van der Waals surface area contributed by atoms with Crippen LogP contribution in [-0.2, 0) is 23.8 Å². The minimum atomic E-state index is -1.61. The maximum Gasteiger partial charge on any atom is 0.306 e. The highest BCUT2D eigenvalue weighted by Gasteiger charge is 2.47. The minimum Gasteiger partial charge on any atom is -0.454 e. The van der Waals surface area contributed by atoms with Gasteiger partial charge in [0.2, 0.25) is 5.91 Å². The number of hydrogen-bond acceptors (Lipinski definition) is 10. The maximum absolute atomic E-state index is 13.4.